The van der Waals surface area contributed by atoms with Crippen LogP contribution in [-0.2, 0) is 11.2 Å². The molecule has 0 saturated carbocycles. The molecule has 0 saturated heterocycles. The number of nitrogens with one attached hydrogen (secondary N) is 1. The van der Waals surface area contributed by atoms with Gasteiger partial charge in [-0.15, -0.1) is 11.3 Å². The van der Waals surface area contributed by atoms with Crippen LogP contribution in [-0.4, -0.2) is 39.3 Å². The Morgan fingerprint density at radius 3 is 2.59 bits per heavy atom. The van der Waals surface area contributed by atoms with Gasteiger partial charge in [0.05, 0.1) is 25.7 Å². The van der Waals surface area contributed by atoms with Crippen LogP contribution in [0.2, 0.25) is 0 Å². The Morgan fingerprint density at radius 1 is 1.19 bits per heavy atom. The molecule has 0 aliphatic rings. The molecule has 6 nitrogen and oxygen atoms in total. The highest BCUT2D eigenvalue weighted by atomic mass is 32.1. The first-order chi connectivity index (χ1) is 13.0. The largest absolute Gasteiger partial charge is 0.493 e. The third kappa shape index (κ3) is 6.60. The van der Waals surface area contributed by atoms with Crippen molar-refractivity contribution in [3.8, 4) is 11.5 Å². The molecule has 0 radical (unpaired) electrons. The summed E-state index contributed by atoms with van der Waals surface area (Å²) in [7, 11) is 3.22. The average molecular weight is 391 g/mol. The van der Waals surface area contributed by atoms with E-state index in [4.69, 9.17) is 14.2 Å². The fraction of sp³-hybridized carbons (Fsp3) is 0.400. The maximum Gasteiger partial charge on any atom is 0.291 e. The number of carbonyl (C=O) groups is 1. The van der Waals surface area contributed by atoms with E-state index in [1.807, 2.05) is 43.5 Å². The minimum absolute atomic E-state index is 0.210. The first-order valence-electron chi connectivity index (χ1n) is 8.76. The summed E-state index contributed by atoms with van der Waals surface area (Å²) < 4.78 is 16.2. The summed E-state index contributed by atoms with van der Waals surface area (Å²) in [4.78, 5) is 17.3. The Kier molecular flexibility index (Phi) is 8.13. The fourth-order valence-corrected chi connectivity index (χ4v) is 2.87. The number of methoxy groups -OCH3 is 2. The summed E-state index contributed by atoms with van der Waals surface area (Å²) in [6.07, 6.45) is 0.684. The standard InChI is InChI=1S/C20H26N2O4S/c1-14(2)13-26-20(22-19(23)18-6-5-11-27-18)21-10-9-15-7-8-16(24-3)17(12-15)25-4/h5-8,11-12,14H,9-10,13H2,1-4H3,(H,21,22,23). The number of ether oxygens (including phenoxy) is 3. The zero-order valence-corrected chi connectivity index (χ0v) is 17.0. The predicted octanol–water partition coefficient (Wildman–Crippen LogP) is 3.77. The fourth-order valence-electron chi connectivity index (χ4n) is 2.26. The van der Waals surface area contributed by atoms with Gasteiger partial charge in [-0.2, -0.15) is 0 Å². The van der Waals surface area contributed by atoms with Crippen LogP contribution in [0.1, 0.15) is 29.1 Å². The Morgan fingerprint density at radius 2 is 1.96 bits per heavy atom. The average Bonchev–Trinajstić information content (AvgIpc) is 3.20. The summed E-state index contributed by atoms with van der Waals surface area (Å²) in [6.45, 7) is 5.05. The van der Waals surface area contributed by atoms with Gasteiger partial charge in [-0.3, -0.25) is 10.1 Å². The molecule has 1 heterocycles. The maximum absolute atomic E-state index is 12.3. The first-order valence-corrected chi connectivity index (χ1v) is 9.64. The minimum atomic E-state index is -0.210. The van der Waals surface area contributed by atoms with Gasteiger partial charge in [0.15, 0.2) is 11.5 Å². The normalized spacial score (nSPS) is 11.4. The monoisotopic (exact) mass is 390 g/mol. The van der Waals surface area contributed by atoms with Crippen molar-refractivity contribution in [1.82, 2.24) is 5.32 Å². The van der Waals surface area contributed by atoms with E-state index < -0.39 is 0 Å². The van der Waals surface area contributed by atoms with E-state index in [0.29, 0.717) is 41.9 Å². The molecule has 0 aliphatic heterocycles. The van der Waals surface area contributed by atoms with Crippen molar-refractivity contribution in [3.05, 3.63) is 46.2 Å². The van der Waals surface area contributed by atoms with Gasteiger partial charge >= 0.3 is 0 Å². The van der Waals surface area contributed by atoms with Gasteiger partial charge in [-0.05, 0) is 41.5 Å². The number of amidine groups is 1. The zero-order chi connectivity index (χ0) is 19.6. The molecule has 0 fully saturated rings. The van der Waals surface area contributed by atoms with E-state index in [-0.39, 0.29) is 11.9 Å². The van der Waals surface area contributed by atoms with E-state index >= 15 is 0 Å². The Bertz CT molecular complexity index is 757. The lowest BCUT2D eigenvalue weighted by atomic mass is 10.1. The van der Waals surface area contributed by atoms with Gasteiger partial charge in [0.2, 0.25) is 0 Å². The van der Waals surface area contributed by atoms with Gasteiger partial charge in [-0.25, -0.2) is 4.99 Å². The van der Waals surface area contributed by atoms with Crippen molar-refractivity contribution >= 4 is 23.3 Å². The van der Waals surface area contributed by atoms with E-state index in [2.05, 4.69) is 10.3 Å². The van der Waals surface area contributed by atoms with Crippen molar-refractivity contribution in [3.63, 3.8) is 0 Å². The van der Waals surface area contributed by atoms with Gasteiger partial charge in [-0.1, -0.05) is 26.0 Å². The molecular formula is C20H26N2O4S. The van der Waals surface area contributed by atoms with E-state index in [1.165, 1.54) is 11.3 Å². The zero-order valence-electron chi connectivity index (χ0n) is 16.2. The molecule has 27 heavy (non-hydrogen) atoms. The summed E-state index contributed by atoms with van der Waals surface area (Å²) in [5.41, 5.74) is 1.06. The molecule has 0 aliphatic carbocycles. The molecule has 1 aromatic heterocycles. The first kappa shape index (κ1) is 20.8. The van der Waals surface area contributed by atoms with Crippen molar-refractivity contribution in [2.75, 3.05) is 27.4 Å². The molecule has 1 aromatic carbocycles. The number of hydrogen-bond donors (Lipinski definition) is 1. The highest BCUT2D eigenvalue weighted by Gasteiger charge is 2.11. The molecule has 2 rings (SSSR count). The number of hydrogen-bond acceptors (Lipinski definition) is 6. The summed E-state index contributed by atoms with van der Waals surface area (Å²) in [5, 5.41) is 4.62. The summed E-state index contributed by atoms with van der Waals surface area (Å²) in [6, 6.07) is 9.62. The molecule has 2 aromatic rings. The molecule has 7 heteroatoms. The van der Waals surface area contributed by atoms with Crippen molar-refractivity contribution in [2.45, 2.75) is 20.3 Å². The summed E-state index contributed by atoms with van der Waals surface area (Å²) >= 11 is 1.38. The molecule has 0 bridgehead atoms. The van der Waals surface area contributed by atoms with Crippen LogP contribution in [0.5, 0.6) is 11.5 Å². The number of carbonyl (C=O) groups excluding carboxylic acids is 1. The number of benzene rings is 1. The van der Waals surface area contributed by atoms with Crippen molar-refractivity contribution < 1.29 is 19.0 Å². The second-order valence-corrected chi connectivity index (χ2v) is 7.21. The maximum atomic E-state index is 12.3. The Balaban J connectivity index is 2.01. The third-order valence-corrected chi connectivity index (χ3v) is 4.49. The predicted molar refractivity (Wildman–Crippen MR) is 108 cm³/mol. The molecule has 0 atom stereocenters. The SMILES string of the molecule is COc1ccc(CCN=C(NC(=O)c2cccs2)OCC(C)C)cc1OC. The number of rotatable bonds is 8. The number of thiophene rings is 1. The minimum Gasteiger partial charge on any atom is -0.493 e. The summed E-state index contributed by atoms with van der Waals surface area (Å²) in [5.74, 6) is 1.49. The van der Waals surface area contributed by atoms with Crippen molar-refractivity contribution in [2.24, 2.45) is 10.9 Å². The molecule has 0 spiro atoms. The number of amides is 1. The van der Waals surface area contributed by atoms with E-state index in [0.717, 1.165) is 5.56 Å². The lowest BCUT2D eigenvalue weighted by molar-refractivity contribution is 0.0967. The highest BCUT2D eigenvalue weighted by Crippen LogP contribution is 2.27. The highest BCUT2D eigenvalue weighted by molar-refractivity contribution is 7.12. The smallest absolute Gasteiger partial charge is 0.291 e. The van der Waals surface area contributed by atoms with Crippen LogP contribution in [0.25, 0.3) is 0 Å². The van der Waals surface area contributed by atoms with E-state index in [1.54, 1.807) is 20.3 Å². The topological polar surface area (TPSA) is 69.2 Å². The second kappa shape index (κ2) is 10.6. The van der Waals surface area contributed by atoms with Gasteiger partial charge in [0.25, 0.3) is 11.9 Å². The van der Waals surface area contributed by atoms with Crippen LogP contribution < -0.4 is 14.8 Å². The molecule has 146 valence electrons. The Labute approximate surface area is 164 Å². The van der Waals surface area contributed by atoms with Gasteiger partial charge in [0, 0.05) is 6.54 Å². The molecule has 0 unspecified atom stereocenters. The third-order valence-electron chi connectivity index (χ3n) is 3.62. The quantitative estimate of drug-likeness (QED) is 0.550. The van der Waals surface area contributed by atoms with Crippen LogP contribution in [0.4, 0.5) is 0 Å². The van der Waals surface area contributed by atoms with Crippen LogP contribution >= 0.6 is 11.3 Å². The number of nitrogens with zero attached hydrogens (tertiary/aromatic N) is 1. The van der Waals surface area contributed by atoms with Crippen LogP contribution in [0.3, 0.4) is 0 Å². The van der Waals surface area contributed by atoms with Gasteiger partial charge in [0.1, 0.15) is 0 Å². The molecular weight excluding hydrogens is 364 g/mol. The van der Waals surface area contributed by atoms with Crippen LogP contribution in [0, 0.1) is 5.92 Å². The lowest BCUT2D eigenvalue weighted by Crippen LogP contribution is -2.33. The lowest BCUT2D eigenvalue weighted by Gasteiger charge is -2.12. The van der Waals surface area contributed by atoms with Crippen LogP contribution in [0.15, 0.2) is 40.7 Å². The van der Waals surface area contributed by atoms with Crippen molar-refractivity contribution in [1.29, 1.82) is 0 Å². The Hall–Kier alpha value is -2.54. The van der Waals surface area contributed by atoms with Gasteiger partial charge < -0.3 is 14.2 Å². The van der Waals surface area contributed by atoms with E-state index in [9.17, 15) is 4.79 Å². The number of aliphatic imine (C=N–C) groups is 1. The molecule has 1 amide bonds. The molecule has 1 N–H and O–H groups in total. The second-order valence-electron chi connectivity index (χ2n) is 6.26.